The molecule has 1 N–H and O–H groups in total. The number of hydrogen-bond acceptors (Lipinski definition) is 5. The molecular weight excluding hydrogens is 404 g/mol. The molecule has 3 aromatic rings. The number of fused-ring (bicyclic) bond motifs is 1. The predicted molar refractivity (Wildman–Crippen MR) is 126 cm³/mol. The van der Waals surface area contributed by atoms with Crippen molar-refractivity contribution < 1.29 is 9.90 Å². The maximum Gasteiger partial charge on any atom is 0.252 e. The molecular formula is C25H34N4O3. The van der Waals surface area contributed by atoms with Gasteiger partial charge in [0.15, 0.2) is 17.2 Å². The van der Waals surface area contributed by atoms with Gasteiger partial charge in [0.2, 0.25) is 0 Å². The number of hydrogen-bond donors (Lipinski definition) is 1. The second kappa shape index (κ2) is 10.1. The van der Waals surface area contributed by atoms with Gasteiger partial charge in [0.25, 0.3) is 5.43 Å². The lowest BCUT2D eigenvalue weighted by Gasteiger charge is -2.32. The summed E-state index contributed by atoms with van der Waals surface area (Å²) >= 11 is 0. The number of aryl methyl sites for hydroxylation is 1. The number of carbonyl (C=O) groups excluding carboxylic acids is 1. The molecule has 0 radical (unpaired) electrons. The van der Waals surface area contributed by atoms with Crippen LogP contribution in [0.25, 0.3) is 11.0 Å². The highest BCUT2D eigenvalue weighted by Crippen LogP contribution is 2.41. The molecule has 0 atom stereocenters. The Morgan fingerprint density at radius 3 is 2.59 bits per heavy atom. The standard InChI is InChI=1S/C23H28N4O3.C2H6/c1-3-4-8-17-13-27(22-18(17)9-7-12-24-22)23(10-5-6-11-23)15-26-14-19(29)21(30)20(25-26)16(2)28;1-2/h7,9,12-14,29H,3-6,8,10-11,15H2,1-2H3;1-2H3. The van der Waals surface area contributed by atoms with Gasteiger partial charge >= 0.3 is 0 Å². The van der Waals surface area contributed by atoms with Crippen LogP contribution in [0.5, 0.6) is 5.75 Å². The molecule has 0 spiro atoms. The van der Waals surface area contributed by atoms with Crippen molar-refractivity contribution >= 4 is 16.8 Å². The summed E-state index contributed by atoms with van der Waals surface area (Å²) in [6.45, 7) is 7.95. The normalized spacial score (nSPS) is 14.9. The summed E-state index contributed by atoms with van der Waals surface area (Å²) in [5.74, 6) is -0.887. The highest BCUT2D eigenvalue weighted by atomic mass is 16.3. The molecule has 1 saturated carbocycles. The summed E-state index contributed by atoms with van der Waals surface area (Å²) in [4.78, 5) is 28.6. The van der Waals surface area contributed by atoms with E-state index in [9.17, 15) is 14.7 Å². The zero-order valence-electron chi connectivity index (χ0n) is 19.6. The number of unbranched alkanes of at least 4 members (excludes halogenated alkanes) is 1. The van der Waals surface area contributed by atoms with Crippen molar-refractivity contribution in [1.82, 2.24) is 19.3 Å². The fraction of sp³-hybridized carbons (Fsp3) is 0.520. The second-order valence-corrected chi connectivity index (χ2v) is 8.38. The number of pyridine rings is 1. The molecule has 32 heavy (non-hydrogen) atoms. The third kappa shape index (κ3) is 4.47. The van der Waals surface area contributed by atoms with Gasteiger partial charge in [-0.15, -0.1) is 0 Å². The summed E-state index contributed by atoms with van der Waals surface area (Å²) in [5, 5.41) is 15.5. The van der Waals surface area contributed by atoms with Gasteiger partial charge in [-0.25, -0.2) is 4.98 Å². The average molecular weight is 439 g/mol. The molecule has 0 unspecified atom stereocenters. The lowest BCUT2D eigenvalue weighted by molar-refractivity contribution is 0.100. The number of aromatic hydroxyl groups is 1. The Kier molecular flexibility index (Phi) is 7.48. The fourth-order valence-electron chi connectivity index (χ4n) is 4.70. The number of nitrogens with zero attached hydrogens (tertiary/aromatic N) is 4. The van der Waals surface area contributed by atoms with E-state index in [1.165, 1.54) is 24.1 Å². The van der Waals surface area contributed by atoms with Crippen LogP contribution in [0.15, 0.2) is 35.5 Å². The van der Waals surface area contributed by atoms with Crippen LogP contribution < -0.4 is 5.43 Å². The molecule has 7 heteroatoms. The first-order chi connectivity index (χ1) is 15.4. The molecule has 3 heterocycles. The number of Topliss-reactive ketones (excluding diaryl/α,β-unsaturated/α-hetero) is 1. The minimum atomic E-state index is -0.714. The van der Waals surface area contributed by atoms with E-state index in [0.29, 0.717) is 6.54 Å². The van der Waals surface area contributed by atoms with Gasteiger partial charge in [-0.2, -0.15) is 5.10 Å². The Hall–Kier alpha value is -2.96. The Labute approximate surface area is 189 Å². The first-order valence-electron chi connectivity index (χ1n) is 11.7. The molecule has 1 fully saturated rings. The number of rotatable bonds is 7. The van der Waals surface area contributed by atoms with Crippen molar-refractivity contribution in [2.75, 3.05) is 0 Å². The Morgan fingerprint density at radius 2 is 1.94 bits per heavy atom. The first kappa shape index (κ1) is 23.7. The minimum absolute atomic E-state index is 0.220. The molecule has 7 nitrogen and oxygen atoms in total. The Balaban J connectivity index is 0.00000141. The number of ketones is 1. The monoisotopic (exact) mass is 438 g/mol. The van der Waals surface area contributed by atoms with Crippen LogP contribution in [0.2, 0.25) is 0 Å². The van der Waals surface area contributed by atoms with E-state index in [2.05, 4.69) is 28.9 Å². The summed E-state index contributed by atoms with van der Waals surface area (Å²) in [6.07, 6.45) is 12.7. The van der Waals surface area contributed by atoms with Crippen LogP contribution in [0.3, 0.4) is 0 Å². The average Bonchev–Trinajstić information content (AvgIpc) is 3.41. The van der Waals surface area contributed by atoms with Crippen LogP contribution in [0.4, 0.5) is 0 Å². The molecule has 1 aliphatic rings. The molecule has 1 aliphatic carbocycles. The van der Waals surface area contributed by atoms with Gasteiger partial charge in [-0.1, -0.05) is 40.0 Å². The maximum absolute atomic E-state index is 12.1. The lowest BCUT2D eigenvalue weighted by Crippen LogP contribution is -2.36. The highest BCUT2D eigenvalue weighted by Gasteiger charge is 2.38. The third-order valence-corrected chi connectivity index (χ3v) is 6.23. The molecule has 172 valence electrons. The van der Waals surface area contributed by atoms with Gasteiger partial charge in [-0.3, -0.25) is 14.3 Å². The largest absolute Gasteiger partial charge is 0.503 e. The van der Waals surface area contributed by atoms with E-state index in [1.807, 2.05) is 26.1 Å². The molecule has 4 rings (SSSR count). The van der Waals surface area contributed by atoms with Crippen LogP contribution in [0, 0.1) is 0 Å². The number of aromatic nitrogens is 4. The fourth-order valence-corrected chi connectivity index (χ4v) is 4.70. The Bertz CT molecular complexity index is 1140. The van der Waals surface area contributed by atoms with Crippen molar-refractivity contribution in [2.45, 2.75) is 84.7 Å². The summed E-state index contributed by atoms with van der Waals surface area (Å²) in [5.41, 5.74) is 1.06. The summed E-state index contributed by atoms with van der Waals surface area (Å²) in [7, 11) is 0. The van der Waals surface area contributed by atoms with Gasteiger partial charge in [-0.05, 0) is 43.4 Å². The van der Waals surface area contributed by atoms with E-state index in [0.717, 1.165) is 50.6 Å². The van der Waals surface area contributed by atoms with E-state index in [1.54, 1.807) is 4.68 Å². The molecule has 0 amide bonds. The Morgan fingerprint density at radius 1 is 1.22 bits per heavy atom. The minimum Gasteiger partial charge on any atom is -0.503 e. The smallest absolute Gasteiger partial charge is 0.252 e. The van der Waals surface area contributed by atoms with Crippen molar-refractivity contribution in [3.05, 3.63) is 52.2 Å². The van der Waals surface area contributed by atoms with Crippen LogP contribution >= 0.6 is 0 Å². The van der Waals surface area contributed by atoms with Crippen LogP contribution in [-0.2, 0) is 18.5 Å². The van der Waals surface area contributed by atoms with Crippen molar-refractivity contribution in [3.63, 3.8) is 0 Å². The molecule has 0 aliphatic heterocycles. The van der Waals surface area contributed by atoms with Crippen LogP contribution in [-0.4, -0.2) is 30.2 Å². The van der Waals surface area contributed by atoms with E-state index in [4.69, 9.17) is 4.98 Å². The van der Waals surface area contributed by atoms with Gasteiger partial charge in [0.1, 0.15) is 5.65 Å². The van der Waals surface area contributed by atoms with Crippen molar-refractivity contribution in [3.8, 4) is 5.75 Å². The van der Waals surface area contributed by atoms with Crippen molar-refractivity contribution in [2.24, 2.45) is 0 Å². The zero-order chi connectivity index (χ0) is 23.3. The number of carbonyl (C=O) groups is 1. The van der Waals surface area contributed by atoms with E-state index < -0.39 is 17.0 Å². The summed E-state index contributed by atoms with van der Waals surface area (Å²) in [6, 6.07) is 4.10. The third-order valence-electron chi connectivity index (χ3n) is 6.23. The van der Waals surface area contributed by atoms with Gasteiger partial charge in [0.05, 0.1) is 18.3 Å². The molecule has 3 aromatic heterocycles. The summed E-state index contributed by atoms with van der Waals surface area (Å²) < 4.78 is 3.84. The SMILES string of the molecule is CC.CCCCc1cn(C2(Cn3cc(O)c(=O)c(C(C)=O)n3)CCCC2)c2ncccc12. The zero-order valence-corrected chi connectivity index (χ0v) is 19.6. The van der Waals surface area contributed by atoms with Gasteiger partial charge in [0, 0.05) is 24.7 Å². The lowest BCUT2D eigenvalue weighted by atomic mass is 9.97. The van der Waals surface area contributed by atoms with Gasteiger partial charge < -0.3 is 9.67 Å². The topological polar surface area (TPSA) is 90.0 Å². The second-order valence-electron chi connectivity index (χ2n) is 8.38. The first-order valence-corrected chi connectivity index (χ1v) is 11.7. The van der Waals surface area contributed by atoms with Crippen LogP contribution in [0.1, 0.15) is 82.3 Å². The van der Waals surface area contributed by atoms with Crippen molar-refractivity contribution in [1.29, 1.82) is 0 Å². The molecule has 0 aromatic carbocycles. The maximum atomic E-state index is 12.1. The highest BCUT2D eigenvalue weighted by molar-refractivity contribution is 5.92. The van der Waals surface area contributed by atoms with E-state index >= 15 is 0 Å². The molecule has 0 saturated heterocycles. The molecule has 0 bridgehead atoms. The quantitative estimate of drug-likeness (QED) is 0.533. The predicted octanol–water partition coefficient (Wildman–Crippen LogP) is 4.84. The van der Waals surface area contributed by atoms with E-state index in [-0.39, 0.29) is 11.2 Å².